The fraction of sp³-hybridized carbons (Fsp3) is 0.286. The Morgan fingerprint density at radius 2 is 1.92 bits per heavy atom. The van der Waals surface area contributed by atoms with E-state index in [0.717, 1.165) is 40.6 Å². The van der Waals surface area contributed by atoms with Gasteiger partial charge in [-0.3, -0.25) is 14.3 Å². The lowest BCUT2D eigenvalue weighted by Crippen LogP contribution is -2.35. The summed E-state index contributed by atoms with van der Waals surface area (Å²) in [7, 11) is 2.10. The van der Waals surface area contributed by atoms with Gasteiger partial charge in [0, 0.05) is 16.5 Å². The summed E-state index contributed by atoms with van der Waals surface area (Å²) in [5, 5.41) is 9.27. The predicted octanol–water partition coefficient (Wildman–Crippen LogP) is 4.85. The lowest BCUT2D eigenvalue weighted by Gasteiger charge is -2.30. The second kappa shape index (κ2) is 9.44. The van der Waals surface area contributed by atoms with Gasteiger partial charge >= 0.3 is 0 Å². The van der Waals surface area contributed by atoms with Crippen LogP contribution in [0.15, 0.2) is 70.1 Å². The Balaban J connectivity index is 1.19. The van der Waals surface area contributed by atoms with Crippen molar-refractivity contribution in [2.75, 3.05) is 7.05 Å². The first-order chi connectivity index (χ1) is 17.5. The molecule has 1 atom stereocenters. The van der Waals surface area contributed by atoms with Crippen LogP contribution in [0.1, 0.15) is 33.9 Å². The maximum absolute atomic E-state index is 13.4. The standard InChI is InChI=1S/C28H27N5O2S/c1-18-8-10-19(11-9-18)15-33-17-29-27-25(28(33)34)22-13-12-21(14-23(22)36-27)32(2)16-24-30-31-26(35-24)20-6-4-3-5-7-20/h3-11,17,21H,12-16H2,1-2H3. The summed E-state index contributed by atoms with van der Waals surface area (Å²) in [5.41, 5.74) is 4.48. The van der Waals surface area contributed by atoms with Crippen LogP contribution in [-0.2, 0) is 25.9 Å². The lowest BCUT2D eigenvalue weighted by atomic mass is 9.92. The van der Waals surface area contributed by atoms with E-state index in [1.165, 1.54) is 16.0 Å². The fourth-order valence-corrected chi connectivity index (χ4v) is 6.17. The molecule has 0 radical (unpaired) electrons. The average Bonchev–Trinajstić information content (AvgIpc) is 3.52. The zero-order chi connectivity index (χ0) is 24.6. The maximum Gasteiger partial charge on any atom is 0.262 e. The van der Waals surface area contributed by atoms with E-state index in [1.807, 2.05) is 30.3 Å². The van der Waals surface area contributed by atoms with E-state index < -0.39 is 0 Å². The molecular weight excluding hydrogens is 470 g/mol. The normalized spacial score (nSPS) is 15.5. The van der Waals surface area contributed by atoms with Gasteiger partial charge in [0.1, 0.15) is 4.83 Å². The van der Waals surface area contributed by atoms with Crippen LogP contribution in [0.2, 0.25) is 0 Å². The average molecular weight is 498 g/mol. The first-order valence-corrected chi connectivity index (χ1v) is 13.0. The molecule has 0 fully saturated rings. The summed E-state index contributed by atoms with van der Waals surface area (Å²) in [6, 6.07) is 18.5. The summed E-state index contributed by atoms with van der Waals surface area (Å²) in [5.74, 6) is 1.15. The molecule has 182 valence electrons. The van der Waals surface area contributed by atoms with Gasteiger partial charge in [0.2, 0.25) is 11.8 Å². The minimum absolute atomic E-state index is 0.0594. The summed E-state index contributed by atoms with van der Waals surface area (Å²) >= 11 is 1.66. The highest BCUT2D eigenvalue weighted by Crippen LogP contribution is 2.35. The third-order valence-electron chi connectivity index (χ3n) is 6.98. The number of nitrogens with zero attached hydrogens (tertiary/aromatic N) is 5. The Kier molecular flexibility index (Phi) is 5.99. The highest BCUT2D eigenvalue weighted by atomic mass is 32.1. The van der Waals surface area contributed by atoms with Gasteiger partial charge in [0.05, 0.1) is 24.8 Å². The van der Waals surface area contributed by atoms with E-state index in [2.05, 4.69) is 58.3 Å². The molecule has 1 unspecified atom stereocenters. The van der Waals surface area contributed by atoms with Gasteiger partial charge in [-0.25, -0.2) is 4.98 Å². The summed E-state index contributed by atoms with van der Waals surface area (Å²) in [6.45, 7) is 3.19. The van der Waals surface area contributed by atoms with E-state index in [9.17, 15) is 4.79 Å². The SMILES string of the molecule is Cc1ccc(Cn2cnc3sc4c(c3c2=O)CCC(N(C)Cc2nnc(-c3ccccc3)o2)C4)cc1. The molecule has 0 amide bonds. The van der Waals surface area contributed by atoms with Crippen molar-refractivity contribution in [1.29, 1.82) is 0 Å². The molecule has 3 aromatic heterocycles. The van der Waals surface area contributed by atoms with E-state index in [4.69, 9.17) is 4.42 Å². The number of fused-ring (bicyclic) bond motifs is 3. The zero-order valence-electron chi connectivity index (χ0n) is 20.3. The minimum atomic E-state index is 0.0594. The van der Waals surface area contributed by atoms with Crippen molar-refractivity contribution in [1.82, 2.24) is 24.6 Å². The fourth-order valence-electron chi connectivity index (χ4n) is 4.92. The Hall–Kier alpha value is -3.62. The number of likely N-dealkylation sites (N-methyl/N-ethyl adjacent to an activating group) is 1. The van der Waals surface area contributed by atoms with Crippen LogP contribution < -0.4 is 5.56 Å². The van der Waals surface area contributed by atoms with Crippen LogP contribution in [-0.4, -0.2) is 37.7 Å². The van der Waals surface area contributed by atoms with Gasteiger partial charge in [-0.15, -0.1) is 21.5 Å². The third-order valence-corrected chi connectivity index (χ3v) is 8.14. The van der Waals surface area contributed by atoms with Crippen molar-refractivity contribution >= 4 is 21.6 Å². The second-order valence-electron chi connectivity index (χ2n) is 9.53. The van der Waals surface area contributed by atoms with Crippen LogP contribution in [0.5, 0.6) is 0 Å². The van der Waals surface area contributed by atoms with Crippen LogP contribution in [0.25, 0.3) is 21.7 Å². The van der Waals surface area contributed by atoms with Crippen LogP contribution in [0, 0.1) is 6.92 Å². The summed E-state index contributed by atoms with van der Waals surface area (Å²) < 4.78 is 7.65. The first kappa shape index (κ1) is 22.8. The molecule has 0 bridgehead atoms. The van der Waals surface area contributed by atoms with Crippen molar-refractivity contribution in [3.05, 3.63) is 98.7 Å². The number of aromatic nitrogens is 4. The third kappa shape index (κ3) is 4.38. The minimum Gasteiger partial charge on any atom is -0.419 e. The van der Waals surface area contributed by atoms with Crippen molar-refractivity contribution in [2.45, 2.75) is 45.3 Å². The quantitative estimate of drug-likeness (QED) is 0.334. The van der Waals surface area contributed by atoms with Crippen molar-refractivity contribution in [3.63, 3.8) is 0 Å². The molecule has 3 heterocycles. The molecule has 6 rings (SSSR count). The molecule has 0 saturated carbocycles. The topological polar surface area (TPSA) is 77.1 Å². The number of hydrogen-bond acceptors (Lipinski definition) is 7. The van der Waals surface area contributed by atoms with Gasteiger partial charge in [-0.05, 0) is 56.5 Å². The van der Waals surface area contributed by atoms with E-state index in [0.29, 0.717) is 30.9 Å². The van der Waals surface area contributed by atoms with Gasteiger partial charge in [0.25, 0.3) is 5.56 Å². The lowest BCUT2D eigenvalue weighted by molar-refractivity contribution is 0.197. The summed E-state index contributed by atoms with van der Waals surface area (Å²) in [6.07, 6.45) is 4.43. The van der Waals surface area contributed by atoms with Gasteiger partial charge in [0.15, 0.2) is 0 Å². The maximum atomic E-state index is 13.4. The Labute approximate surface area is 213 Å². The largest absolute Gasteiger partial charge is 0.419 e. The molecule has 7 nitrogen and oxygen atoms in total. The molecule has 2 aromatic carbocycles. The van der Waals surface area contributed by atoms with Crippen molar-refractivity contribution < 1.29 is 4.42 Å². The van der Waals surface area contributed by atoms with Crippen LogP contribution in [0.3, 0.4) is 0 Å². The molecule has 0 N–H and O–H groups in total. The predicted molar refractivity (Wildman–Crippen MR) is 141 cm³/mol. The van der Waals surface area contributed by atoms with E-state index >= 15 is 0 Å². The number of hydrogen-bond donors (Lipinski definition) is 0. The van der Waals surface area contributed by atoms with Crippen molar-refractivity contribution in [2.24, 2.45) is 0 Å². The number of aryl methyl sites for hydroxylation is 2. The zero-order valence-corrected chi connectivity index (χ0v) is 21.2. The smallest absolute Gasteiger partial charge is 0.262 e. The monoisotopic (exact) mass is 497 g/mol. The summed E-state index contributed by atoms with van der Waals surface area (Å²) in [4.78, 5) is 22.5. The molecule has 0 saturated heterocycles. The molecule has 1 aliphatic carbocycles. The molecule has 0 aliphatic heterocycles. The molecule has 36 heavy (non-hydrogen) atoms. The number of benzene rings is 2. The molecule has 1 aliphatic rings. The van der Waals surface area contributed by atoms with Crippen LogP contribution >= 0.6 is 11.3 Å². The number of rotatable bonds is 6. The van der Waals surface area contributed by atoms with Crippen LogP contribution in [0.4, 0.5) is 0 Å². The highest BCUT2D eigenvalue weighted by molar-refractivity contribution is 7.18. The first-order valence-electron chi connectivity index (χ1n) is 12.2. The number of thiophene rings is 1. The van der Waals surface area contributed by atoms with E-state index in [-0.39, 0.29) is 5.56 Å². The highest BCUT2D eigenvalue weighted by Gasteiger charge is 2.28. The molecular formula is C28H27N5O2S. The Morgan fingerprint density at radius 3 is 2.72 bits per heavy atom. The van der Waals surface area contributed by atoms with Gasteiger partial charge in [-0.1, -0.05) is 48.0 Å². The van der Waals surface area contributed by atoms with Crippen molar-refractivity contribution in [3.8, 4) is 11.5 Å². The molecule has 0 spiro atoms. The molecule has 5 aromatic rings. The Bertz CT molecular complexity index is 1570. The second-order valence-corrected chi connectivity index (χ2v) is 10.6. The van der Waals surface area contributed by atoms with E-state index in [1.54, 1.807) is 22.2 Å². The molecule has 8 heteroatoms. The Morgan fingerprint density at radius 1 is 1.11 bits per heavy atom. The van der Waals surface area contributed by atoms with Gasteiger partial charge in [-0.2, -0.15) is 0 Å². The van der Waals surface area contributed by atoms with Gasteiger partial charge < -0.3 is 4.42 Å².